The first kappa shape index (κ1) is 23.1. The van der Waals surface area contributed by atoms with Crippen molar-refractivity contribution in [1.82, 2.24) is 0 Å². The van der Waals surface area contributed by atoms with Crippen molar-refractivity contribution < 1.29 is 22.8 Å². The Kier molecular flexibility index (Phi) is 8.01. The average molecular weight is 421 g/mol. The molecule has 27 heavy (non-hydrogen) atoms. The van der Waals surface area contributed by atoms with E-state index in [-0.39, 0.29) is 48.8 Å². The number of alkyl halides is 3. The van der Waals surface area contributed by atoms with Crippen molar-refractivity contribution in [3.05, 3.63) is 50.7 Å². The molecule has 3 N–H and O–H groups in total. The highest BCUT2D eigenvalue weighted by Gasteiger charge is 2.31. The minimum absolute atomic E-state index is 0. The first-order valence-corrected chi connectivity index (χ1v) is 8.73. The normalized spacial score (nSPS) is 11.0. The molecule has 0 radical (unpaired) electrons. The number of carbonyl (C=O) groups excluding carboxylic acids is 2. The highest BCUT2D eigenvalue weighted by atomic mass is 35.5. The minimum Gasteiger partial charge on any atom is -0.326 e. The van der Waals surface area contributed by atoms with Crippen LogP contribution in [0.2, 0.25) is 0 Å². The first-order chi connectivity index (χ1) is 12.1. The minimum atomic E-state index is -4.53. The third-order valence-electron chi connectivity index (χ3n) is 3.76. The lowest BCUT2D eigenvalue weighted by atomic mass is 10.1. The summed E-state index contributed by atoms with van der Waals surface area (Å²) in [7, 11) is 0. The summed E-state index contributed by atoms with van der Waals surface area (Å²) in [6, 6.07) is 4.97. The van der Waals surface area contributed by atoms with E-state index in [1.807, 2.05) is 13.8 Å². The molecule has 9 heteroatoms. The first-order valence-electron chi connectivity index (χ1n) is 7.91. The van der Waals surface area contributed by atoms with Gasteiger partial charge in [-0.25, -0.2) is 0 Å². The zero-order valence-corrected chi connectivity index (χ0v) is 16.4. The second-order valence-corrected chi connectivity index (χ2v) is 7.38. The smallest absolute Gasteiger partial charge is 0.326 e. The SMILES string of the molecule is Cc1cc(C(=O)CCC(=O)Nc2cc(CN)cc(C(F)(F)F)c2)c(C)s1.Cl. The molecule has 2 rings (SSSR count). The molecular weight excluding hydrogens is 401 g/mol. The van der Waals surface area contributed by atoms with Gasteiger partial charge in [0.05, 0.1) is 5.56 Å². The van der Waals surface area contributed by atoms with Crippen LogP contribution in [-0.2, 0) is 17.5 Å². The molecule has 1 amide bonds. The van der Waals surface area contributed by atoms with E-state index in [4.69, 9.17) is 5.73 Å². The van der Waals surface area contributed by atoms with Gasteiger partial charge in [-0.05, 0) is 43.7 Å². The number of nitrogens with two attached hydrogens (primary N) is 1. The number of halogens is 4. The van der Waals surface area contributed by atoms with Crippen LogP contribution in [0.4, 0.5) is 18.9 Å². The van der Waals surface area contributed by atoms with Crippen LogP contribution >= 0.6 is 23.7 Å². The molecule has 0 saturated heterocycles. The molecule has 0 aliphatic rings. The molecule has 0 bridgehead atoms. The molecule has 2 aromatic rings. The van der Waals surface area contributed by atoms with Gasteiger partial charge in [0, 0.05) is 40.4 Å². The van der Waals surface area contributed by atoms with Gasteiger partial charge >= 0.3 is 6.18 Å². The number of anilines is 1. The predicted molar refractivity (Wildman–Crippen MR) is 103 cm³/mol. The fourth-order valence-electron chi connectivity index (χ4n) is 2.54. The van der Waals surface area contributed by atoms with Crippen LogP contribution in [0, 0.1) is 13.8 Å². The topological polar surface area (TPSA) is 72.2 Å². The Morgan fingerprint density at radius 2 is 1.78 bits per heavy atom. The van der Waals surface area contributed by atoms with Gasteiger partial charge in [0.1, 0.15) is 0 Å². The van der Waals surface area contributed by atoms with Crippen LogP contribution in [0.3, 0.4) is 0 Å². The lowest BCUT2D eigenvalue weighted by Gasteiger charge is -2.12. The second kappa shape index (κ2) is 9.34. The van der Waals surface area contributed by atoms with Gasteiger partial charge in [0.25, 0.3) is 0 Å². The van der Waals surface area contributed by atoms with E-state index < -0.39 is 17.6 Å². The number of hydrogen-bond donors (Lipinski definition) is 2. The molecule has 0 fully saturated rings. The average Bonchev–Trinajstić information content (AvgIpc) is 2.90. The van der Waals surface area contributed by atoms with E-state index in [2.05, 4.69) is 5.32 Å². The third kappa shape index (κ3) is 6.34. The van der Waals surface area contributed by atoms with Crippen molar-refractivity contribution in [2.45, 2.75) is 39.4 Å². The molecule has 1 heterocycles. The number of thiophene rings is 1. The number of nitrogens with one attached hydrogen (secondary N) is 1. The summed E-state index contributed by atoms with van der Waals surface area (Å²) in [5, 5.41) is 2.41. The molecule has 1 aromatic heterocycles. The second-order valence-electron chi connectivity index (χ2n) is 5.92. The van der Waals surface area contributed by atoms with Crippen molar-refractivity contribution in [3.63, 3.8) is 0 Å². The highest BCUT2D eigenvalue weighted by molar-refractivity contribution is 7.12. The summed E-state index contributed by atoms with van der Waals surface area (Å²) in [6.45, 7) is 3.65. The van der Waals surface area contributed by atoms with Crippen molar-refractivity contribution in [2.75, 3.05) is 5.32 Å². The number of benzene rings is 1. The Morgan fingerprint density at radius 1 is 1.11 bits per heavy atom. The summed E-state index contributed by atoms with van der Waals surface area (Å²) < 4.78 is 38.7. The van der Waals surface area contributed by atoms with Crippen LogP contribution < -0.4 is 11.1 Å². The Balaban J connectivity index is 0.00000364. The quantitative estimate of drug-likeness (QED) is 0.655. The molecule has 0 aliphatic heterocycles. The van der Waals surface area contributed by atoms with Crippen LogP contribution in [0.5, 0.6) is 0 Å². The maximum atomic E-state index is 12.9. The van der Waals surface area contributed by atoms with E-state index in [1.54, 1.807) is 6.07 Å². The number of carbonyl (C=O) groups is 2. The van der Waals surface area contributed by atoms with Crippen LogP contribution in [0.1, 0.15) is 44.1 Å². The summed E-state index contributed by atoms with van der Waals surface area (Å²) >= 11 is 1.50. The number of amides is 1. The zero-order chi connectivity index (χ0) is 19.5. The highest BCUT2D eigenvalue weighted by Crippen LogP contribution is 2.32. The standard InChI is InChI=1S/C18H19F3N2O2S.ClH/c1-10-5-15(11(2)26-10)16(24)3-4-17(25)23-14-7-12(9-22)6-13(8-14)18(19,20)21;/h5-8H,3-4,9,22H2,1-2H3,(H,23,25);1H. The van der Waals surface area contributed by atoms with Crippen molar-refractivity contribution in [1.29, 1.82) is 0 Å². The van der Waals surface area contributed by atoms with Gasteiger partial charge in [-0.2, -0.15) is 13.2 Å². The Bertz CT molecular complexity index is 834. The van der Waals surface area contributed by atoms with E-state index in [0.29, 0.717) is 5.56 Å². The third-order valence-corrected chi connectivity index (χ3v) is 4.73. The molecule has 1 aromatic carbocycles. The van der Waals surface area contributed by atoms with Gasteiger partial charge in [-0.15, -0.1) is 23.7 Å². The molecule has 0 aliphatic carbocycles. The van der Waals surface area contributed by atoms with E-state index >= 15 is 0 Å². The predicted octanol–water partition coefficient (Wildman–Crippen LogP) is 4.87. The zero-order valence-electron chi connectivity index (χ0n) is 14.8. The Labute approximate surface area is 165 Å². The lowest BCUT2D eigenvalue weighted by Crippen LogP contribution is -2.15. The fraction of sp³-hybridized carbons (Fsp3) is 0.333. The molecular formula is C18H20ClF3N2O2S. The van der Waals surface area contributed by atoms with E-state index in [0.717, 1.165) is 21.9 Å². The van der Waals surface area contributed by atoms with E-state index in [1.165, 1.54) is 17.4 Å². The molecule has 4 nitrogen and oxygen atoms in total. The Hall–Kier alpha value is -1.90. The van der Waals surface area contributed by atoms with Gasteiger partial charge in [0.2, 0.25) is 5.91 Å². The summed E-state index contributed by atoms with van der Waals surface area (Å²) in [4.78, 5) is 26.1. The summed E-state index contributed by atoms with van der Waals surface area (Å²) in [5.41, 5.74) is 5.40. The molecule has 0 atom stereocenters. The van der Waals surface area contributed by atoms with Gasteiger partial charge in [-0.1, -0.05) is 0 Å². The van der Waals surface area contributed by atoms with Crippen LogP contribution in [-0.4, -0.2) is 11.7 Å². The van der Waals surface area contributed by atoms with Crippen LogP contribution in [0.25, 0.3) is 0 Å². The van der Waals surface area contributed by atoms with Crippen molar-refractivity contribution in [2.24, 2.45) is 5.73 Å². The van der Waals surface area contributed by atoms with Gasteiger partial charge in [0.15, 0.2) is 5.78 Å². The number of Topliss-reactive ketones (excluding diaryl/α,β-unsaturated/α-hetero) is 1. The number of aryl methyl sites for hydroxylation is 2. The number of rotatable bonds is 6. The van der Waals surface area contributed by atoms with Crippen LogP contribution in [0.15, 0.2) is 24.3 Å². The molecule has 0 saturated carbocycles. The van der Waals surface area contributed by atoms with Gasteiger partial charge < -0.3 is 11.1 Å². The maximum Gasteiger partial charge on any atom is 0.416 e. The van der Waals surface area contributed by atoms with E-state index in [9.17, 15) is 22.8 Å². The Morgan fingerprint density at radius 3 is 2.30 bits per heavy atom. The summed E-state index contributed by atoms with van der Waals surface area (Å²) in [5.74, 6) is -0.682. The monoisotopic (exact) mass is 420 g/mol. The number of hydrogen-bond acceptors (Lipinski definition) is 4. The molecule has 148 valence electrons. The fourth-order valence-corrected chi connectivity index (χ4v) is 3.48. The van der Waals surface area contributed by atoms with Gasteiger partial charge in [-0.3, -0.25) is 9.59 Å². The van der Waals surface area contributed by atoms with Crippen molar-refractivity contribution in [3.8, 4) is 0 Å². The van der Waals surface area contributed by atoms with Crippen molar-refractivity contribution >= 4 is 41.1 Å². The largest absolute Gasteiger partial charge is 0.416 e. The lowest BCUT2D eigenvalue weighted by molar-refractivity contribution is -0.137. The number of ketones is 1. The maximum absolute atomic E-state index is 12.9. The molecule has 0 spiro atoms. The summed E-state index contributed by atoms with van der Waals surface area (Å²) in [6.07, 6.45) is -4.65. The molecule has 0 unspecified atom stereocenters.